The molecular formula is C14H12BrNO4S. The molecule has 2 atom stereocenters. The number of rotatable bonds is 4. The first-order valence-electron chi connectivity index (χ1n) is 6.24. The van der Waals surface area contributed by atoms with Crippen LogP contribution in [0, 0.1) is 0 Å². The Balaban J connectivity index is 1.58. The monoisotopic (exact) mass is 369 g/mol. The first-order chi connectivity index (χ1) is 10.1. The van der Waals surface area contributed by atoms with Crippen molar-refractivity contribution in [1.29, 1.82) is 0 Å². The molecule has 0 aliphatic carbocycles. The van der Waals surface area contributed by atoms with Gasteiger partial charge in [0.25, 0.3) is 0 Å². The topological polar surface area (TPSA) is 55.8 Å². The van der Waals surface area contributed by atoms with Gasteiger partial charge in [-0.05, 0) is 17.7 Å². The largest absolute Gasteiger partial charge is 0.497 e. The Morgan fingerprint density at radius 1 is 1.38 bits per heavy atom. The molecule has 0 N–H and O–H groups in total. The molecule has 0 saturated carbocycles. The van der Waals surface area contributed by atoms with Crippen LogP contribution in [-0.2, 0) is 20.9 Å². The molecule has 2 aliphatic heterocycles. The first kappa shape index (κ1) is 14.5. The Kier molecular flexibility index (Phi) is 3.95. The molecule has 0 bridgehead atoms. The number of amides is 1. The summed E-state index contributed by atoms with van der Waals surface area (Å²) in [5, 5.41) is 1.65. The van der Waals surface area contributed by atoms with Crippen LogP contribution in [0.4, 0.5) is 0 Å². The average molecular weight is 370 g/mol. The Bertz CT molecular complexity index is 616. The van der Waals surface area contributed by atoms with E-state index in [1.54, 1.807) is 24.7 Å². The molecule has 7 heteroatoms. The average Bonchev–Trinajstić information content (AvgIpc) is 2.93. The Hall–Kier alpha value is -1.47. The Morgan fingerprint density at radius 2 is 2.10 bits per heavy atom. The zero-order chi connectivity index (χ0) is 15.0. The van der Waals surface area contributed by atoms with Gasteiger partial charge in [0.05, 0.1) is 7.11 Å². The minimum absolute atomic E-state index is 0.0268. The molecule has 2 heterocycles. The maximum atomic E-state index is 12.0. The standard InChI is InChI=1S/C14H12BrNO4S/c1-19-9-4-2-8(3-5-9)6-20-14(18)10-7-21-13-11(15)12(17)16(10)13/h2-5,7,11,13H,6H2,1H3/t11-,13+/m0/s1. The van der Waals surface area contributed by atoms with E-state index >= 15 is 0 Å². The van der Waals surface area contributed by atoms with Gasteiger partial charge in [-0.15, -0.1) is 11.8 Å². The zero-order valence-electron chi connectivity index (χ0n) is 11.1. The van der Waals surface area contributed by atoms with Gasteiger partial charge in [0.1, 0.15) is 28.3 Å². The number of hydrogen-bond acceptors (Lipinski definition) is 5. The molecule has 21 heavy (non-hydrogen) atoms. The maximum Gasteiger partial charge on any atom is 0.355 e. The molecule has 1 saturated heterocycles. The highest BCUT2D eigenvalue weighted by Crippen LogP contribution is 2.44. The normalized spacial score (nSPS) is 23.2. The summed E-state index contributed by atoms with van der Waals surface area (Å²) in [6.07, 6.45) is 0. The lowest BCUT2D eigenvalue weighted by Gasteiger charge is -2.39. The summed E-state index contributed by atoms with van der Waals surface area (Å²) >= 11 is 4.73. The molecule has 2 aliphatic rings. The van der Waals surface area contributed by atoms with Crippen LogP contribution in [0.2, 0.25) is 0 Å². The van der Waals surface area contributed by atoms with Crippen LogP contribution in [0.5, 0.6) is 5.75 Å². The lowest BCUT2D eigenvalue weighted by atomic mass is 10.2. The van der Waals surface area contributed by atoms with Crippen molar-refractivity contribution in [3.05, 3.63) is 40.9 Å². The van der Waals surface area contributed by atoms with Crippen molar-refractivity contribution in [3.8, 4) is 5.75 Å². The quantitative estimate of drug-likeness (QED) is 0.462. The van der Waals surface area contributed by atoms with Crippen LogP contribution >= 0.6 is 27.7 Å². The molecule has 0 spiro atoms. The summed E-state index contributed by atoms with van der Waals surface area (Å²) in [6, 6.07) is 7.27. The molecule has 5 nitrogen and oxygen atoms in total. The lowest BCUT2D eigenvalue weighted by molar-refractivity contribution is -0.148. The number of hydrogen-bond donors (Lipinski definition) is 0. The smallest absolute Gasteiger partial charge is 0.355 e. The lowest BCUT2D eigenvalue weighted by Crippen LogP contribution is -2.58. The number of esters is 1. The fourth-order valence-corrected chi connectivity index (χ4v) is 4.00. The van der Waals surface area contributed by atoms with Crippen molar-refractivity contribution in [2.75, 3.05) is 7.11 Å². The number of nitrogens with zero attached hydrogens (tertiary/aromatic N) is 1. The Labute approximate surface area is 134 Å². The van der Waals surface area contributed by atoms with Gasteiger partial charge >= 0.3 is 5.97 Å². The molecule has 1 fully saturated rings. The summed E-state index contributed by atoms with van der Waals surface area (Å²) in [5.74, 6) is 0.170. The first-order valence-corrected chi connectivity index (χ1v) is 8.10. The molecule has 3 rings (SSSR count). The van der Waals surface area contributed by atoms with Gasteiger partial charge in [-0.3, -0.25) is 9.69 Å². The third-order valence-electron chi connectivity index (χ3n) is 3.29. The van der Waals surface area contributed by atoms with Gasteiger partial charge in [-0.25, -0.2) is 4.79 Å². The third kappa shape index (κ3) is 2.55. The van der Waals surface area contributed by atoms with Crippen LogP contribution in [0.1, 0.15) is 5.56 Å². The van der Waals surface area contributed by atoms with Crippen LogP contribution in [-0.4, -0.2) is 34.1 Å². The summed E-state index contributed by atoms with van der Waals surface area (Å²) in [5.41, 5.74) is 1.18. The molecule has 1 aromatic rings. The highest BCUT2D eigenvalue weighted by Gasteiger charge is 2.52. The van der Waals surface area contributed by atoms with Crippen molar-refractivity contribution in [2.45, 2.75) is 16.8 Å². The van der Waals surface area contributed by atoms with E-state index in [9.17, 15) is 9.59 Å². The number of halogens is 1. The van der Waals surface area contributed by atoms with Crippen LogP contribution in [0.3, 0.4) is 0 Å². The predicted molar refractivity (Wildman–Crippen MR) is 81.8 cm³/mol. The second-order valence-corrected chi connectivity index (χ2v) is 6.54. The second-order valence-electron chi connectivity index (χ2n) is 4.56. The second kappa shape index (κ2) is 5.73. The van der Waals surface area contributed by atoms with Gasteiger partial charge in [0, 0.05) is 5.41 Å². The van der Waals surface area contributed by atoms with E-state index in [1.165, 1.54) is 16.7 Å². The fourth-order valence-electron chi connectivity index (χ4n) is 2.10. The third-order valence-corrected chi connectivity index (χ3v) is 5.66. The number of ether oxygens (including phenoxy) is 2. The predicted octanol–water partition coefficient (Wildman–Crippen LogP) is 2.26. The highest BCUT2D eigenvalue weighted by atomic mass is 79.9. The number of carbonyl (C=O) groups is 2. The van der Waals surface area contributed by atoms with Gasteiger partial charge in [-0.1, -0.05) is 28.1 Å². The maximum absolute atomic E-state index is 12.0. The summed E-state index contributed by atoms with van der Waals surface area (Å²) < 4.78 is 10.3. The highest BCUT2D eigenvalue weighted by molar-refractivity contribution is 9.10. The number of thioether (sulfide) groups is 1. The van der Waals surface area contributed by atoms with Crippen molar-refractivity contribution in [2.24, 2.45) is 0 Å². The van der Waals surface area contributed by atoms with E-state index in [4.69, 9.17) is 9.47 Å². The van der Waals surface area contributed by atoms with Crippen molar-refractivity contribution < 1.29 is 19.1 Å². The van der Waals surface area contributed by atoms with E-state index in [2.05, 4.69) is 15.9 Å². The van der Waals surface area contributed by atoms with E-state index in [0.717, 1.165) is 11.3 Å². The number of benzene rings is 1. The van der Waals surface area contributed by atoms with Gasteiger partial charge in [0.2, 0.25) is 5.91 Å². The number of carbonyl (C=O) groups excluding carboxylic acids is 2. The van der Waals surface area contributed by atoms with Crippen molar-refractivity contribution in [3.63, 3.8) is 0 Å². The van der Waals surface area contributed by atoms with Crippen LogP contribution in [0.25, 0.3) is 0 Å². The number of β-lactam (4-membered cyclic amide) rings is 1. The number of methoxy groups -OCH3 is 1. The molecular weight excluding hydrogens is 358 g/mol. The molecule has 1 aromatic carbocycles. The minimum Gasteiger partial charge on any atom is -0.497 e. The van der Waals surface area contributed by atoms with Gasteiger partial charge in [0.15, 0.2) is 0 Å². The number of fused-ring (bicyclic) bond motifs is 1. The SMILES string of the molecule is COc1ccc(COC(=O)C2=CS[C@@H]3[C@@H](Br)C(=O)N23)cc1. The number of alkyl halides is 1. The van der Waals surface area contributed by atoms with Gasteiger partial charge < -0.3 is 9.47 Å². The summed E-state index contributed by atoms with van der Waals surface area (Å²) in [4.78, 5) is 25.0. The zero-order valence-corrected chi connectivity index (χ0v) is 13.5. The molecule has 0 unspecified atom stereocenters. The molecule has 110 valence electrons. The van der Waals surface area contributed by atoms with Crippen LogP contribution < -0.4 is 4.74 Å². The minimum atomic E-state index is -0.478. The van der Waals surface area contributed by atoms with Crippen LogP contribution in [0.15, 0.2) is 35.4 Å². The molecule has 0 radical (unpaired) electrons. The summed E-state index contributed by atoms with van der Waals surface area (Å²) in [6.45, 7) is 0.162. The Morgan fingerprint density at radius 3 is 2.76 bits per heavy atom. The van der Waals surface area contributed by atoms with E-state index in [-0.39, 0.29) is 22.7 Å². The van der Waals surface area contributed by atoms with Gasteiger partial charge in [-0.2, -0.15) is 0 Å². The van der Waals surface area contributed by atoms with Crippen molar-refractivity contribution >= 4 is 39.6 Å². The molecule has 0 aromatic heterocycles. The fraction of sp³-hybridized carbons (Fsp3) is 0.286. The summed E-state index contributed by atoms with van der Waals surface area (Å²) in [7, 11) is 1.59. The van der Waals surface area contributed by atoms with E-state index < -0.39 is 5.97 Å². The molecule has 1 amide bonds. The van der Waals surface area contributed by atoms with Crippen molar-refractivity contribution in [1.82, 2.24) is 4.90 Å². The van der Waals surface area contributed by atoms with E-state index in [0.29, 0.717) is 5.70 Å². The van der Waals surface area contributed by atoms with E-state index in [1.807, 2.05) is 12.1 Å².